The number of halogens is 1. The number of nitrogens with one attached hydrogen (secondary N) is 1. The average molecular weight is 337 g/mol. The Kier molecular flexibility index (Phi) is 4.61. The number of rotatable bonds is 6. The second-order valence-electron chi connectivity index (χ2n) is 5.04. The van der Waals surface area contributed by atoms with Gasteiger partial charge in [-0.1, -0.05) is 42.0 Å². The number of anilines is 1. The van der Waals surface area contributed by atoms with E-state index in [9.17, 15) is 5.11 Å². The Labute approximate surface area is 137 Å². The highest BCUT2D eigenvalue weighted by molar-refractivity contribution is 7.20. The van der Waals surface area contributed by atoms with Gasteiger partial charge in [-0.2, -0.15) is 0 Å². The van der Waals surface area contributed by atoms with Crippen molar-refractivity contribution < 1.29 is 5.11 Å². The summed E-state index contributed by atoms with van der Waals surface area (Å²) in [5.74, 6) is 0. The Balaban J connectivity index is 1.70. The van der Waals surface area contributed by atoms with Crippen LogP contribution >= 0.6 is 22.9 Å². The lowest BCUT2D eigenvalue weighted by Gasteiger charge is -2.06. The van der Waals surface area contributed by atoms with Gasteiger partial charge in [0.1, 0.15) is 0 Å². The molecule has 22 heavy (non-hydrogen) atoms. The molecule has 0 aliphatic heterocycles. The molecule has 5 nitrogen and oxygen atoms in total. The van der Waals surface area contributed by atoms with Gasteiger partial charge in [0.05, 0.1) is 18.0 Å². The topological polar surface area (TPSA) is 62.5 Å². The number of benzene rings is 1. The van der Waals surface area contributed by atoms with Crippen LogP contribution in [-0.2, 0) is 0 Å². The first kappa shape index (κ1) is 15.3. The van der Waals surface area contributed by atoms with Crippen LogP contribution in [0, 0.1) is 0 Å². The molecule has 0 aliphatic rings. The lowest BCUT2D eigenvalue weighted by Crippen LogP contribution is -2.12. The standard InChI is InChI=1S/C15H17ClN4OS/c1-2-12(21)7-8-17-14-19-20-9-13(18-15(20)22-14)10-3-5-11(16)6-4-10/h3-6,9,12,21H,2,7-8H2,1H3,(H,17,19). The molecular weight excluding hydrogens is 320 g/mol. The molecule has 1 unspecified atom stereocenters. The van der Waals surface area contributed by atoms with Gasteiger partial charge in [0.15, 0.2) is 0 Å². The van der Waals surface area contributed by atoms with Crippen molar-refractivity contribution in [3.63, 3.8) is 0 Å². The molecule has 0 bridgehead atoms. The predicted octanol–water partition coefficient (Wildman–Crippen LogP) is 3.68. The summed E-state index contributed by atoms with van der Waals surface area (Å²) in [5.41, 5.74) is 1.89. The third-order valence-corrected chi connectivity index (χ3v) is 4.54. The Hall–Kier alpha value is -1.63. The highest BCUT2D eigenvalue weighted by Gasteiger charge is 2.10. The summed E-state index contributed by atoms with van der Waals surface area (Å²) in [5, 5.41) is 18.7. The summed E-state index contributed by atoms with van der Waals surface area (Å²) in [7, 11) is 0. The third-order valence-electron chi connectivity index (χ3n) is 3.41. The van der Waals surface area contributed by atoms with Crippen molar-refractivity contribution >= 4 is 33.0 Å². The first-order valence-electron chi connectivity index (χ1n) is 7.20. The molecule has 0 amide bonds. The summed E-state index contributed by atoms with van der Waals surface area (Å²) in [6.45, 7) is 2.68. The number of nitrogens with zero attached hydrogens (tertiary/aromatic N) is 3. The van der Waals surface area contributed by atoms with E-state index >= 15 is 0 Å². The van der Waals surface area contributed by atoms with E-state index in [1.54, 1.807) is 4.52 Å². The number of aliphatic hydroxyl groups excluding tert-OH is 1. The van der Waals surface area contributed by atoms with E-state index in [4.69, 9.17) is 11.6 Å². The highest BCUT2D eigenvalue weighted by atomic mass is 35.5. The minimum Gasteiger partial charge on any atom is -0.393 e. The van der Waals surface area contributed by atoms with Gasteiger partial charge in [0.25, 0.3) is 0 Å². The van der Waals surface area contributed by atoms with Crippen LogP contribution < -0.4 is 5.32 Å². The maximum atomic E-state index is 9.53. The average Bonchev–Trinajstić information content (AvgIpc) is 3.06. The molecule has 7 heteroatoms. The van der Waals surface area contributed by atoms with Gasteiger partial charge in [0.2, 0.25) is 10.1 Å². The van der Waals surface area contributed by atoms with Crippen LogP contribution in [0.5, 0.6) is 0 Å². The van der Waals surface area contributed by atoms with Crippen molar-refractivity contribution in [2.24, 2.45) is 0 Å². The van der Waals surface area contributed by atoms with Gasteiger partial charge < -0.3 is 10.4 Å². The van der Waals surface area contributed by atoms with Crippen molar-refractivity contribution in [3.05, 3.63) is 35.5 Å². The predicted molar refractivity (Wildman–Crippen MR) is 90.7 cm³/mol. The molecule has 0 spiro atoms. The van der Waals surface area contributed by atoms with E-state index in [1.165, 1.54) is 11.3 Å². The maximum Gasteiger partial charge on any atom is 0.214 e. The molecule has 0 fully saturated rings. The number of aromatic nitrogens is 3. The van der Waals surface area contributed by atoms with Crippen LogP contribution in [0.4, 0.5) is 5.13 Å². The second-order valence-corrected chi connectivity index (χ2v) is 6.44. The van der Waals surface area contributed by atoms with Crippen LogP contribution in [0.1, 0.15) is 19.8 Å². The van der Waals surface area contributed by atoms with Gasteiger partial charge in [-0.25, -0.2) is 9.50 Å². The van der Waals surface area contributed by atoms with Gasteiger partial charge in [-0.3, -0.25) is 0 Å². The lowest BCUT2D eigenvalue weighted by molar-refractivity contribution is 0.164. The monoisotopic (exact) mass is 336 g/mol. The van der Waals surface area contributed by atoms with Crippen molar-refractivity contribution in [3.8, 4) is 11.3 Å². The molecule has 1 atom stereocenters. The third kappa shape index (κ3) is 3.40. The van der Waals surface area contributed by atoms with Crippen LogP contribution in [0.2, 0.25) is 5.02 Å². The van der Waals surface area contributed by atoms with Crippen molar-refractivity contribution in [2.75, 3.05) is 11.9 Å². The number of aliphatic hydroxyl groups is 1. The molecule has 0 radical (unpaired) electrons. The lowest BCUT2D eigenvalue weighted by atomic mass is 10.2. The smallest absolute Gasteiger partial charge is 0.214 e. The van der Waals surface area contributed by atoms with E-state index in [0.717, 1.165) is 27.8 Å². The largest absolute Gasteiger partial charge is 0.393 e. The molecule has 1 aromatic carbocycles. The van der Waals surface area contributed by atoms with E-state index in [2.05, 4.69) is 15.4 Å². The van der Waals surface area contributed by atoms with Gasteiger partial charge in [-0.05, 0) is 25.0 Å². The molecule has 2 N–H and O–H groups in total. The summed E-state index contributed by atoms with van der Waals surface area (Å²) < 4.78 is 1.77. The van der Waals surface area contributed by atoms with Crippen molar-refractivity contribution in [1.82, 2.24) is 14.6 Å². The zero-order valence-corrected chi connectivity index (χ0v) is 13.7. The van der Waals surface area contributed by atoms with Crippen LogP contribution in [0.3, 0.4) is 0 Å². The zero-order chi connectivity index (χ0) is 15.5. The van der Waals surface area contributed by atoms with E-state index < -0.39 is 0 Å². The molecule has 116 valence electrons. The molecule has 2 heterocycles. The molecular formula is C15H17ClN4OS. The quantitative estimate of drug-likeness (QED) is 0.720. The van der Waals surface area contributed by atoms with Crippen molar-refractivity contribution in [2.45, 2.75) is 25.9 Å². The normalized spacial score (nSPS) is 12.7. The van der Waals surface area contributed by atoms with Gasteiger partial charge >= 0.3 is 0 Å². The molecule has 0 aliphatic carbocycles. The summed E-state index contributed by atoms with van der Waals surface area (Å²) in [4.78, 5) is 5.42. The van der Waals surface area contributed by atoms with Crippen LogP contribution in [-0.4, -0.2) is 32.4 Å². The summed E-state index contributed by atoms with van der Waals surface area (Å²) >= 11 is 7.39. The number of imidazole rings is 1. The SMILES string of the molecule is CCC(O)CCNc1nn2cc(-c3ccc(Cl)cc3)nc2s1. The Morgan fingerprint density at radius 2 is 2.14 bits per heavy atom. The number of hydrogen-bond donors (Lipinski definition) is 2. The van der Waals surface area contributed by atoms with E-state index in [0.29, 0.717) is 18.0 Å². The zero-order valence-electron chi connectivity index (χ0n) is 12.2. The fourth-order valence-corrected chi connectivity index (χ4v) is 3.01. The van der Waals surface area contributed by atoms with Gasteiger partial charge in [0, 0.05) is 17.1 Å². The maximum absolute atomic E-state index is 9.53. The summed E-state index contributed by atoms with van der Waals surface area (Å²) in [6, 6.07) is 7.59. The van der Waals surface area contributed by atoms with Gasteiger partial charge in [-0.15, -0.1) is 5.10 Å². The minimum atomic E-state index is -0.256. The van der Waals surface area contributed by atoms with Crippen LogP contribution in [0.15, 0.2) is 30.5 Å². The Bertz CT molecular complexity index is 721. The first-order valence-corrected chi connectivity index (χ1v) is 8.39. The minimum absolute atomic E-state index is 0.256. The van der Waals surface area contributed by atoms with E-state index in [-0.39, 0.29) is 6.10 Å². The molecule has 0 saturated heterocycles. The second kappa shape index (κ2) is 6.64. The fourth-order valence-electron chi connectivity index (χ4n) is 2.08. The number of fused-ring (bicyclic) bond motifs is 1. The Morgan fingerprint density at radius 1 is 1.36 bits per heavy atom. The van der Waals surface area contributed by atoms with Crippen molar-refractivity contribution in [1.29, 1.82) is 0 Å². The highest BCUT2D eigenvalue weighted by Crippen LogP contribution is 2.25. The number of hydrogen-bond acceptors (Lipinski definition) is 5. The fraction of sp³-hybridized carbons (Fsp3) is 0.333. The Morgan fingerprint density at radius 3 is 2.82 bits per heavy atom. The molecule has 3 rings (SSSR count). The first-order chi connectivity index (χ1) is 10.7. The van der Waals surface area contributed by atoms with Crippen LogP contribution in [0.25, 0.3) is 16.2 Å². The molecule has 0 saturated carbocycles. The summed E-state index contributed by atoms with van der Waals surface area (Å²) in [6.07, 6.45) is 3.14. The molecule has 3 aromatic rings. The molecule has 2 aromatic heterocycles. The van der Waals surface area contributed by atoms with E-state index in [1.807, 2.05) is 37.4 Å².